The van der Waals surface area contributed by atoms with E-state index in [0.29, 0.717) is 12.3 Å². The van der Waals surface area contributed by atoms with E-state index in [9.17, 15) is 4.79 Å². The third kappa shape index (κ3) is 3.05. The van der Waals surface area contributed by atoms with Crippen molar-refractivity contribution in [2.45, 2.75) is 11.9 Å². The summed E-state index contributed by atoms with van der Waals surface area (Å²) >= 11 is 1.64. The number of para-hydroxylation sites is 2. The van der Waals surface area contributed by atoms with E-state index in [-0.39, 0.29) is 11.3 Å². The molecule has 25 heavy (non-hydrogen) atoms. The monoisotopic (exact) mass is 354 g/mol. The number of hydrogen-bond acceptors (Lipinski definition) is 4. The number of nitrogens with zero attached hydrogens (tertiary/aromatic N) is 2. The summed E-state index contributed by atoms with van der Waals surface area (Å²) in [6.07, 6.45) is 5.70. The lowest BCUT2D eigenvalue weighted by Crippen LogP contribution is -2.27. The van der Waals surface area contributed by atoms with Crippen molar-refractivity contribution in [3.8, 4) is 11.4 Å². The molecule has 128 valence electrons. The topological polar surface area (TPSA) is 47.6 Å². The Balaban J connectivity index is 1.61. The minimum Gasteiger partial charge on any atom is -0.495 e. The van der Waals surface area contributed by atoms with Crippen molar-refractivity contribution in [1.29, 1.82) is 0 Å². The highest BCUT2D eigenvalue weighted by atomic mass is 32.2. The zero-order valence-electron chi connectivity index (χ0n) is 13.8. The Kier molecular flexibility index (Phi) is 4.28. The van der Waals surface area contributed by atoms with Gasteiger partial charge in [0.15, 0.2) is 0 Å². The summed E-state index contributed by atoms with van der Waals surface area (Å²) in [5.74, 6) is 2.24. The van der Waals surface area contributed by atoms with Gasteiger partial charge in [0.1, 0.15) is 16.9 Å². The molecule has 0 saturated carbocycles. The molecule has 1 aliphatic rings. The van der Waals surface area contributed by atoms with Crippen molar-refractivity contribution in [3.05, 3.63) is 72.4 Å². The summed E-state index contributed by atoms with van der Waals surface area (Å²) in [5.41, 5.74) is 2.07. The van der Waals surface area contributed by atoms with E-state index in [4.69, 9.17) is 9.15 Å². The quantitative estimate of drug-likeness (QED) is 0.698. The third-order valence-electron chi connectivity index (χ3n) is 4.24. The summed E-state index contributed by atoms with van der Waals surface area (Å²) in [6, 6.07) is 13.7. The molecule has 1 atom stereocenters. The van der Waals surface area contributed by atoms with Crippen LogP contribution in [0.4, 0.5) is 0 Å². The SMILES string of the molecule is COc1ccccc1-n1ccc([C@@H]2SCC(=O)N2Cc2ccco2)c1. The first-order chi connectivity index (χ1) is 12.3. The molecule has 0 aliphatic carbocycles. The third-order valence-corrected chi connectivity index (χ3v) is 5.49. The van der Waals surface area contributed by atoms with E-state index in [0.717, 1.165) is 22.8 Å². The van der Waals surface area contributed by atoms with Crippen LogP contribution in [-0.2, 0) is 11.3 Å². The maximum absolute atomic E-state index is 12.3. The fourth-order valence-electron chi connectivity index (χ4n) is 3.02. The van der Waals surface area contributed by atoms with Crippen LogP contribution in [0.2, 0.25) is 0 Å². The Morgan fingerprint density at radius 2 is 2.12 bits per heavy atom. The van der Waals surface area contributed by atoms with Gasteiger partial charge in [-0.1, -0.05) is 12.1 Å². The lowest BCUT2D eigenvalue weighted by Gasteiger charge is -2.22. The van der Waals surface area contributed by atoms with E-state index >= 15 is 0 Å². The molecule has 0 N–H and O–H groups in total. The van der Waals surface area contributed by atoms with E-state index in [1.165, 1.54) is 0 Å². The van der Waals surface area contributed by atoms with Crippen LogP contribution in [0.1, 0.15) is 16.7 Å². The van der Waals surface area contributed by atoms with Crippen LogP contribution in [0.15, 0.2) is 65.5 Å². The first-order valence-electron chi connectivity index (χ1n) is 8.01. The van der Waals surface area contributed by atoms with Gasteiger partial charge in [0.25, 0.3) is 0 Å². The fraction of sp³-hybridized carbons (Fsp3) is 0.211. The second kappa shape index (κ2) is 6.72. The molecule has 0 bridgehead atoms. The Morgan fingerprint density at radius 1 is 1.24 bits per heavy atom. The zero-order valence-corrected chi connectivity index (χ0v) is 14.6. The number of ether oxygens (including phenoxy) is 1. The van der Waals surface area contributed by atoms with Crippen LogP contribution < -0.4 is 4.74 Å². The summed E-state index contributed by atoms with van der Waals surface area (Å²) < 4.78 is 12.9. The molecular formula is C19H18N2O3S. The number of hydrogen-bond donors (Lipinski definition) is 0. The van der Waals surface area contributed by atoms with Crippen molar-refractivity contribution in [2.75, 3.05) is 12.9 Å². The Bertz CT molecular complexity index is 872. The summed E-state index contributed by atoms with van der Waals surface area (Å²) in [4.78, 5) is 14.2. The van der Waals surface area contributed by atoms with Gasteiger partial charge in [0.2, 0.25) is 5.91 Å². The highest BCUT2D eigenvalue weighted by molar-refractivity contribution is 8.00. The van der Waals surface area contributed by atoms with Crippen LogP contribution in [-0.4, -0.2) is 28.2 Å². The molecule has 2 aromatic heterocycles. The van der Waals surface area contributed by atoms with Crippen molar-refractivity contribution < 1.29 is 13.9 Å². The molecule has 1 saturated heterocycles. The minimum absolute atomic E-state index is 0.00597. The van der Waals surface area contributed by atoms with Crippen molar-refractivity contribution >= 4 is 17.7 Å². The number of furan rings is 1. The second-order valence-corrected chi connectivity index (χ2v) is 6.86. The highest BCUT2D eigenvalue weighted by Gasteiger charge is 2.33. The fourth-order valence-corrected chi connectivity index (χ4v) is 4.19. The largest absolute Gasteiger partial charge is 0.495 e. The second-order valence-electron chi connectivity index (χ2n) is 5.79. The minimum atomic E-state index is -0.00597. The predicted molar refractivity (Wildman–Crippen MR) is 96.8 cm³/mol. The normalized spacial score (nSPS) is 17.2. The standard InChI is InChI=1S/C19H18N2O3S/c1-23-17-7-3-2-6-16(17)20-9-8-14(11-20)19-21(18(22)13-25-19)12-15-5-4-10-24-15/h2-11,19H,12-13H2,1H3/t19-/m0/s1. The van der Waals surface area contributed by atoms with Crippen LogP contribution in [0.3, 0.4) is 0 Å². The molecule has 0 spiro atoms. The number of methoxy groups -OCH3 is 1. The molecule has 1 aliphatic heterocycles. The molecule has 1 aromatic carbocycles. The average Bonchev–Trinajstić information content (AvgIpc) is 3.38. The Labute approximate surface area is 150 Å². The van der Waals surface area contributed by atoms with Crippen LogP contribution in [0, 0.1) is 0 Å². The maximum Gasteiger partial charge on any atom is 0.234 e. The molecule has 3 heterocycles. The van der Waals surface area contributed by atoms with Gasteiger partial charge in [-0.25, -0.2) is 0 Å². The van der Waals surface area contributed by atoms with Gasteiger partial charge < -0.3 is 18.6 Å². The molecule has 0 radical (unpaired) electrons. The molecular weight excluding hydrogens is 336 g/mol. The summed E-state index contributed by atoms with van der Waals surface area (Å²) in [5, 5.41) is -0.00597. The average molecular weight is 354 g/mol. The molecule has 3 aromatic rings. The highest BCUT2D eigenvalue weighted by Crippen LogP contribution is 2.40. The molecule has 1 amide bonds. The number of amides is 1. The Hall–Kier alpha value is -2.60. The number of rotatable bonds is 5. The van der Waals surface area contributed by atoms with Crippen molar-refractivity contribution in [3.63, 3.8) is 0 Å². The number of thioether (sulfide) groups is 1. The van der Waals surface area contributed by atoms with E-state index < -0.39 is 0 Å². The number of benzene rings is 1. The maximum atomic E-state index is 12.3. The van der Waals surface area contributed by atoms with Gasteiger partial charge in [-0.3, -0.25) is 4.79 Å². The zero-order chi connectivity index (χ0) is 17.2. The van der Waals surface area contributed by atoms with Gasteiger partial charge in [0, 0.05) is 18.0 Å². The van der Waals surface area contributed by atoms with Crippen molar-refractivity contribution in [2.24, 2.45) is 0 Å². The lowest BCUT2D eigenvalue weighted by molar-refractivity contribution is -0.128. The van der Waals surface area contributed by atoms with Crippen molar-refractivity contribution in [1.82, 2.24) is 9.47 Å². The predicted octanol–water partition coefficient (Wildman–Crippen LogP) is 3.85. The number of carbonyl (C=O) groups is 1. The molecule has 0 unspecified atom stereocenters. The van der Waals surface area contributed by atoms with Gasteiger partial charge in [-0.2, -0.15) is 0 Å². The molecule has 1 fully saturated rings. The molecule has 5 nitrogen and oxygen atoms in total. The van der Waals surface area contributed by atoms with E-state index in [1.807, 2.05) is 52.1 Å². The van der Waals surface area contributed by atoms with Gasteiger partial charge in [-0.15, -0.1) is 11.8 Å². The Morgan fingerprint density at radius 3 is 2.92 bits per heavy atom. The smallest absolute Gasteiger partial charge is 0.234 e. The first kappa shape index (κ1) is 15.9. The summed E-state index contributed by atoms with van der Waals surface area (Å²) in [7, 11) is 1.67. The first-order valence-corrected chi connectivity index (χ1v) is 9.06. The van der Waals surface area contributed by atoms with Crippen LogP contribution in [0.5, 0.6) is 5.75 Å². The van der Waals surface area contributed by atoms with Gasteiger partial charge in [-0.05, 0) is 30.3 Å². The van der Waals surface area contributed by atoms with Gasteiger partial charge in [0.05, 0.1) is 31.4 Å². The number of aromatic nitrogens is 1. The lowest BCUT2D eigenvalue weighted by atomic mass is 10.2. The molecule has 6 heteroatoms. The van der Waals surface area contributed by atoms with E-state index in [1.54, 1.807) is 25.1 Å². The molecule has 4 rings (SSSR count). The van der Waals surface area contributed by atoms with Crippen LogP contribution >= 0.6 is 11.8 Å². The van der Waals surface area contributed by atoms with Gasteiger partial charge >= 0.3 is 0 Å². The number of carbonyl (C=O) groups excluding carboxylic acids is 1. The van der Waals surface area contributed by atoms with Crippen LogP contribution in [0.25, 0.3) is 5.69 Å². The van der Waals surface area contributed by atoms with E-state index in [2.05, 4.69) is 12.3 Å². The summed E-state index contributed by atoms with van der Waals surface area (Å²) in [6.45, 7) is 0.489.